The van der Waals surface area contributed by atoms with Gasteiger partial charge in [0.2, 0.25) is 0 Å². The van der Waals surface area contributed by atoms with E-state index in [2.05, 4.69) is 4.98 Å². The quantitative estimate of drug-likeness (QED) is 0.718. The van der Waals surface area contributed by atoms with Gasteiger partial charge in [-0.25, -0.2) is 4.98 Å². The molecule has 0 aliphatic rings. The van der Waals surface area contributed by atoms with Gasteiger partial charge < -0.3 is 4.42 Å². The summed E-state index contributed by atoms with van der Waals surface area (Å²) in [6.45, 7) is 0. The van der Waals surface area contributed by atoms with Crippen molar-refractivity contribution in [2.24, 2.45) is 0 Å². The van der Waals surface area contributed by atoms with Gasteiger partial charge in [-0.05, 0) is 24.3 Å². The van der Waals surface area contributed by atoms with E-state index in [0.717, 1.165) is 5.56 Å². The third kappa shape index (κ3) is 1.61. The average molecular weight is 205 g/mol. The highest BCUT2D eigenvalue weighted by Crippen LogP contribution is 2.21. The lowest BCUT2D eigenvalue weighted by molar-refractivity contribution is 0.555. The van der Waals surface area contributed by atoms with Gasteiger partial charge in [-0.2, -0.15) is 5.26 Å². The molecule has 0 N–H and O–H groups in total. The summed E-state index contributed by atoms with van der Waals surface area (Å²) in [4.78, 5) is 3.77. The van der Waals surface area contributed by atoms with Gasteiger partial charge in [0.1, 0.15) is 0 Å². The molecule has 1 heterocycles. The average Bonchev–Trinajstić information content (AvgIpc) is 2.67. The van der Waals surface area contributed by atoms with Crippen LogP contribution in [0.15, 0.2) is 34.9 Å². The fourth-order valence-electron chi connectivity index (χ4n) is 1.07. The normalized spacial score (nSPS) is 9.71. The van der Waals surface area contributed by atoms with Gasteiger partial charge >= 0.3 is 5.89 Å². The zero-order chi connectivity index (χ0) is 9.97. The molecule has 0 saturated carbocycles. The first-order valence-corrected chi connectivity index (χ1v) is 4.29. The molecule has 1 aromatic heterocycles. The maximum atomic E-state index is 8.51. The second-order valence-electron chi connectivity index (χ2n) is 2.65. The standard InChI is InChI=1S/C10H5ClN2O/c11-8-3-1-7(2-4-8)9-6-13-10(5-12)14-9/h1-4,6H. The Labute approximate surface area is 85.6 Å². The molecule has 0 saturated heterocycles. The van der Waals surface area contributed by atoms with E-state index >= 15 is 0 Å². The molecular formula is C10H5ClN2O. The summed E-state index contributed by atoms with van der Waals surface area (Å²) in [5.74, 6) is 0.633. The minimum absolute atomic E-state index is 0.0648. The summed E-state index contributed by atoms with van der Waals surface area (Å²) in [6.07, 6.45) is 1.52. The van der Waals surface area contributed by atoms with Crippen LogP contribution in [0.4, 0.5) is 0 Å². The second kappa shape index (κ2) is 3.52. The largest absolute Gasteiger partial charge is 0.428 e. The van der Waals surface area contributed by atoms with E-state index in [9.17, 15) is 0 Å². The molecular weight excluding hydrogens is 200 g/mol. The molecule has 0 atom stereocenters. The van der Waals surface area contributed by atoms with Crippen LogP contribution in [0.1, 0.15) is 5.89 Å². The number of nitrogens with zero attached hydrogens (tertiary/aromatic N) is 2. The Kier molecular flexibility index (Phi) is 2.21. The van der Waals surface area contributed by atoms with Gasteiger partial charge in [0, 0.05) is 10.6 Å². The molecule has 0 amide bonds. The summed E-state index contributed by atoms with van der Waals surface area (Å²) in [6, 6.07) is 8.95. The molecule has 2 aromatic rings. The van der Waals surface area contributed by atoms with Crippen LogP contribution in [0.3, 0.4) is 0 Å². The fraction of sp³-hybridized carbons (Fsp3) is 0. The Morgan fingerprint density at radius 2 is 2.00 bits per heavy atom. The molecule has 0 spiro atoms. The Bertz CT molecular complexity index is 482. The molecule has 0 fully saturated rings. The fourth-order valence-corrected chi connectivity index (χ4v) is 1.20. The lowest BCUT2D eigenvalue weighted by atomic mass is 10.2. The monoisotopic (exact) mass is 204 g/mol. The molecule has 0 radical (unpaired) electrons. The van der Waals surface area contributed by atoms with Gasteiger partial charge in [0.15, 0.2) is 11.8 Å². The minimum Gasteiger partial charge on any atom is -0.428 e. The van der Waals surface area contributed by atoms with Crippen molar-refractivity contribution in [3.05, 3.63) is 41.4 Å². The van der Waals surface area contributed by atoms with Crippen molar-refractivity contribution in [3.63, 3.8) is 0 Å². The van der Waals surface area contributed by atoms with E-state index in [1.807, 2.05) is 18.2 Å². The highest BCUT2D eigenvalue weighted by molar-refractivity contribution is 6.30. The molecule has 0 aliphatic heterocycles. The number of halogens is 1. The van der Waals surface area contributed by atoms with Gasteiger partial charge in [-0.1, -0.05) is 11.6 Å². The summed E-state index contributed by atoms with van der Waals surface area (Å²) in [5, 5.41) is 9.18. The van der Waals surface area contributed by atoms with E-state index in [-0.39, 0.29) is 5.89 Å². The molecule has 3 nitrogen and oxygen atoms in total. The Hall–Kier alpha value is -1.79. The van der Waals surface area contributed by atoms with E-state index < -0.39 is 0 Å². The zero-order valence-corrected chi connectivity index (χ0v) is 7.82. The van der Waals surface area contributed by atoms with Crippen molar-refractivity contribution in [3.8, 4) is 17.4 Å². The number of aromatic nitrogens is 1. The Morgan fingerprint density at radius 3 is 2.57 bits per heavy atom. The van der Waals surface area contributed by atoms with Crippen LogP contribution in [0.25, 0.3) is 11.3 Å². The van der Waals surface area contributed by atoms with Crippen LogP contribution in [-0.2, 0) is 0 Å². The smallest absolute Gasteiger partial charge is 0.301 e. The van der Waals surface area contributed by atoms with Gasteiger partial charge in [0.05, 0.1) is 6.20 Å². The second-order valence-corrected chi connectivity index (χ2v) is 3.08. The van der Waals surface area contributed by atoms with Crippen LogP contribution in [0, 0.1) is 11.3 Å². The molecule has 68 valence electrons. The van der Waals surface area contributed by atoms with Crippen LogP contribution < -0.4 is 0 Å². The van der Waals surface area contributed by atoms with Crippen molar-refractivity contribution < 1.29 is 4.42 Å². The first kappa shape index (κ1) is 8.79. The van der Waals surface area contributed by atoms with Crippen molar-refractivity contribution >= 4 is 11.6 Å². The lowest BCUT2D eigenvalue weighted by Crippen LogP contribution is -1.71. The van der Waals surface area contributed by atoms with Crippen molar-refractivity contribution in [2.75, 3.05) is 0 Å². The first-order chi connectivity index (χ1) is 6.79. The molecule has 4 heteroatoms. The van der Waals surface area contributed by atoms with Crippen LogP contribution >= 0.6 is 11.6 Å². The minimum atomic E-state index is 0.0648. The maximum Gasteiger partial charge on any atom is 0.301 e. The number of nitriles is 1. The van der Waals surface area contributed by atoms with E-state index in [0.29, 0.717) is 10.8 Å². The summed E-state index contributed by atoms with van der Waals surface area (Å²) >= 11 is 5.73. The Morgan fingerprint density at radius 1 is 1.29 bits per heavy atom. The molecule has 2 rings (SSSR count). The van der Waals surface area contributed by atoms with Crippen molar-refractivity contribution in [2.45, 2.75) is 0 Å². The molecule has 14 heavy (non-hydrogen) atoms. The predicted octanol–water partition coefficient (Wildman–Crippen LogP) is 2.87. The number of oxazole rings is 1. The predicted molar refractivity (Wildman–Crippen MR) is 51.7 cm³/mol. The lowest BCUT2D eigenvalue weighted by Gasteiger charge is -1.94. The SMILES string of the molecule is N#Cc1ncc(-c2ccc(Cl)cc2)o1. The van der Waals surface area contributed by atoms with E-state index in [1.54, 1.807) is 12.1 Å². The van der Waals surface area contributed by atoms with Crippen LogP contribution in [0.5, 0.6) is 0 Å². The van der Waals surface area contributed by atoms with E-state index in [4.69, 9.17) is 21.3 Å². The molecule has 1 aromatic carbocycles. The molecule has 0 unspecified atom stereocenters. The highest BCUT2D eigenvalue weighted by atomic mass is 35.5. The Balaban J connectivity index is 2.40. The molecule has 0 aliphatic carbocycles. The van der Waals surface area contributed by atoms with Gasteiger partial charge in [-0.3, -0.25) is 0 Å². The summed E-state index contributed by atoms with van der Waals surface area (Å²) in [5.41, 5.74) is 0.850. The number of rotatable bonds is 1. The zero-order valence-electron chi connectivity index (χ0n) is 7.07. The number of hydrogen-bond donors (Lipinski definition) is 0. The first-order valence-electron chi connectivity index (χ1n) is 3.91. The topological polar surface area (TPSA) is 49.8 Å². The number of benzene rings is 1. The molecule has 0 bridgehead atoms. The van der Waals surface area contributed by atoms with Gasteiger partial charge in [-0.15, -0.1) is 0 Å². The van der Waals surface area contributed by atoms with E-state index in [1.165, 1.54) is 6.20 Å². The summed E-state index contributed by atoms with van der Waals surface area (Å²) in [7, 11) is 0. The highest BCUT2D eigenvalue weighted by Gasteiger charge is 2.04. The van der Waals surface area contributed by atoms with Crippen LogP contribution in [-0.4, -0.2) is 4.98 Å². The van der Waals surface area contributed by atoms with Crippen molar-refractivity contribution in [1.82, 2.24) is 4.98 Å². The third-order valence-corrected chi connectivity index (χ3v) is 1.98. The number of hydrogen-bond acceptors (Lipinski definition) is 3. The van der Waals surface area contributed by atoms with Gasteiger partial charge in [0.25, 0.3) is 0 Å². The van der Waals surface area contributed by atoms with Crippen LogP contribution in [0.2, 0.25) is 5.02 Å². The summed E-state index contributed by atoms with van der Waals surface area (Å²) < 4.78 is 5.14. The maximum absolute atomic E-state index is 8.51. The third-order valence-electron chi connectivity index (χ3n) is 1.73. The van der Waals surface area contributed by atoms with Crippen molar-refractivity contribution in [1.29, 1.82) is 5.26 Å².